The van der Waals surface area contributed by atoms with Crippen molar-refractivity contribution in [2.75, 3.05) is 33.2 Å². The Balaban J connectivity index is 0.00000385. The van der Waals surface area contributed by atoms with E-state index in [0.717, 1.165) is 62.7 Å². The molecule has 1 aliphatic heterocycles. The molecule has 7 heteroatoms. The molecule has 0 aliphatic carbocycles. The molecule has 0 saturated carbocycles. The molecular formula is C26H38IN5O. The molecule has 0 radical (unpaired) electrons. The third-order valence-electron chi connectivity index (χ3n) is 6.11. The van der Waals surface area contributed by atoms with Gasteiger partial charge in [-0.25, -0.2) is 0 Å². The van der Waals surface area contributed by atoms with Crippen molar-refractivity contribution >= 4 is 35.8 Å². The lowest BCUT2D eigenvalue weighted by Gasteiger charge is -2.33. The summed E-state index contributed by atoms with van der Waals surface area (Å²) in [5.41, 5.74) is 3.24. The van der Waals surface area contributed by atoms with Gasteiger partial charge in [-0.05, 0) is 49.9 Å². The summed E-state index contributed by atoms with van der Waals surface area (Å²) in [6.07, 6.45) is 2.21. The highest BCUT2D eigenvalue weighted by atomic mass is 127. The van der Waals surface area contributed by atoms with Gasteiger partial charge in [0.05, 0.1) is 0 Å². The molecule has 0 atom stereocenters. The Kier molecular flexibility index (Phi) is 11.7. The number of nitrogens with zero attached hydrogens (tertiary/aromatic N) is 3. The van der Waals surface area contributed by atoms with Gasteiger partial charge >= 0.3 is 0 Å². The first kappa shape index (κ1) is 27.1. The number of carbonyl (C=O) groups excluding carboxylic acids is 1. The maximum atomic E-state index is 12.5. The van der Waals surface area contributed by atoms with E-state index in [9.17, 15) is 4.79 Å². The molecule has 0 aromatic heterocycles. The van der Waals surface area contributed by atoms with Gasteiger partial charge in [-0.2, -0.15) is 0 Å². The summed E-state index contributed by atoms with van der Waals surface area (Å²) in [6, 6.07) is 19.0. The number of hydrogen-bond acceptors (Lipinski definition) is 3. The molecule has 2 aromatic carbocycles. The van der Waals surface area contributed by atoms with E-state index < -0.39 is 0 Å². The molecule has 3 rings (SSSR count). The van der Waals surface area contributed by atoms with Gasteiger partial charge in [0.15, 0.2) is 5.96 Å². The first-order chi connectivity index (χ1) is 15.6. The highest BCUT2D eigenvalue weighted by molar-refractivity contribution is 14.0. The summed E-state index contributed by atoms with van der Waals surface area (Å²) >= 11 is 0. The lowest BCUT2D eigenvalue weighted by Crippen LogP contribution is -2.48. The first-order valence-corrected chi connectivity index (χ1v) is 11.7. The van der Waals surface area contributed by atoms with Crippen molar-refractivity contribution in [3.05, 3.63) is 71.3 Å². The molecule has 2 aromatic rings. The standard InChI is InChI=1S/C26H37N5O.HI/c1-4-31(5-2)25(32)23-13-11-21(12-14-23)19-28-26(27-3)29-24-15-17-30(18-16-24)20-22-9-7-6-8-10-22;/h6-14,24H,4-5,15-20H2,1-3H3,(H2,27,28,29);1H. The molecule has 2 N–H and O–H groups in total. The third-order valence-corrected chi connectivity index (χ3v) is 6.11. The highest BCUT2D eigenvalue weighted by Gasteiger charge is 2.20. The van der Waals surface area contributed by atoms with Crippen molar-refractivity contribution in [1.82, 2.24) is 20.4 Å². The molecule has 1 amide bonds. The zero-order valence-electron chi connectivity index (χ0n) is 20.1. The van der Waals surface area contributed by atoms with Gasteiger partial charge in [0.2, 0.25) is 0 Å². The lowest BCUT2D eigenvalue weighted by molar-refractivity contribution is 0.0773. The van der Waals surface area contributed by atoms with E-state index in [-0.39, 0.29) is 29.9 Å². The average Bonchev–Trinajstić information content (AvgIpc) is 2.84. The number of benzene rings is 2. The van der Waals surface area contributed by atoms with Crippen LogP contribution in [0.3, 0.4) is 0 Å². The summed E-state index contributed by atoms with van der Waals surface area (Å²) in [5, 5.41) is 6.98. The van der Waals surface area contributed by atoms with Gasteiger partial charge in [-0.1, -0.05) is 42.5 Å². The van der Waals surface area contributed by atoms with E-state index >= 15 is 0 Å². The second-order valence-electron chi connectivity index (χ2n) is 8.28. The van der Waals surface area contributed by atoms with Gasteiger partial charge in [-0.15, -0.1) is 24.0 Å². The Bertz CT molecular complexity index is 860. The van der Waals surface area contributed by atoms with Crippen LogP contribution in [0.25, 0.3) is 0 Å². The number of carbonyl (C=O) groups is 1. The van der Waals surface area contributed by atoms with Crippen LogP contribution in [0, 0.1) is 0 Å². The molecule has 33 heavy (non-hydrogen) atoms. The van der Waals surface area contributed by atoms with E-state index in [1.54, 1.807) is 0 Å². The number of rotatable bonds is 8. The Morgan fingerprint density at radius 2 is 1.64 bits per heavy atom. The monoisotopic (exact) mass is 563 g/mol. The highest BCUT2D eigenvalue weighted by Crippen LogP contribution is 2.14. The molecule has 180 valence electrons. The van der Waals surface area contributed by atoms with Crippen LogP contribution in [0.1, 0.15) is 48.2 Å². The number of piperidine rings is 1. The maximum Gasteiger partial charge on any atom is 0.253 e. The second-order valence-corrected chi connectivity index (χ2v) is 8.28. The Morgan fingerprint density at radius 3 is 2.21 bits per heavy atom. The van der Waals surface area contributed by atoms with Crippen molar-refractivity contribution in [2.24, 2.45) is 4.99 Å². The van der Waals surface area contributed by atoms with Crippen molar-refractivity contribution in [1.29, 1.82) is 0 Å². The fourth-order valence-corrected chi connectivity index (χ4v) is 4.11. The van der Waals surface area contributed by atoms with Crippen LogP contribution < -0.4 is 10.6 Å². The average molecular weight is 564 g/mol. The van der Waals surface area contributed by atoms with Gasteiger partial charge in [0, 0.05) is 57.9 Å². The fraction of sp³-hybridized carbons (Fsp3) is 0.462. The van der Waals surface area contributed by atoms with Crippen molar-refractivity contribution < 1.29 is 4.79 Å². The Morgan fingerprint density at radius 1 is 1.00 bits per heavy atom. The van der Waals surface area contributed by atoms with E-state index in [0.29, 0.717) is 12.6 Å². The first-order valence-electron chi connectivity index (χ1n) is 11.7. The van der Waals surface area contributed by atoms with Gasteiger partial charge in [0.1, 0.15) is 0 Å². The Hall–Kier alpha value is -2.13. The molecule has 1 saturated heterocycles. The van der Waals surface area contributed by atoms with Crippen LogP contribution >= 0.6 is 24.0 Å². The molecular weight excluding hydrogens is 525 g/mol. The number of nitrogens with one attached hydrogen (secondary N) is 2. The van der Waals surface area contributed by atoms with Gasteiger partial charge in [-0.3, -0.25) is 14.7 Å². The zero-order valence-corrected chi connectivity index (χ0v) is 22.4. The minimum Gasteiger partial charge on any atom is -0.354 e. The summed E-state index contributed by atoms with van der Waals surface area (Å²) in [6.45, 7) is 9.34. The van der Waals surface area contributed by atoms with Crippen molar-refractivity contribution in [2.45, 2.75) is 45.8 Å². The van der Waals surface area contributed by atoms with E-state index in [4.69, 9.17) is 0 Å². The topological polar surface area (TPSA) is 60.0 Å². The number of amides is 1. The van der Waals surface area contributed by atoms with Crippen molar-refractivity contribution in [3.8, 4) is 0 Å². The predicted octanol–water partition coefficient (Wildman–Crippen LogP) is 4.12. The zero-order chi connectivity index (χ0) is 22.8. The van der Waals surface area contributed by atoms with Crippen molar-refractivity contribution in [3.63, 3.8) is 0 Å². The number of halogens is 1. The molecule has 1 heterocycles. The summed E-state index contributed by atoms with van der Waals surface area (Å²) < 4.78 is 0. The number of likely N-dealkylation sites (tertiary alicyclic amines) is 1. The molecule has 1 aliphatic rings. The molecule has 0 spiro atoms. The van der Waals surface area contributed by atoms with Crippen LogP contribution in [0.2, 0.25) is 0 Å². The number of aliphatic imine (C=N–C) groups is 1. The van der Waals surface area contributed by atoms with Crippen LogP contribution in [0.5, 0.6) is 0 Å². The summed E-state index contributed by atoms with van der Waals surface area (Å²) in [7, 11) is 1.81. The molecule has 6 nitrogen and oxygen atoms in total. The number of hydrogen-bond donors (Lipinski definition) is 2. The van der Waals surface area contributed by atoms with Crippen LogP contribution in [0.15, 0.2) is 59.6 Å². The molecule has 1 fully saturated rings. The molecule has 0 unspecified atom stereocenters. The Labute approximate surface area is 215 Å². The minimum absolute atomic E-state index is 0. The SMILES string of the molecule is CCN(CC)C(=O)c1ccc(CNC(=NC)NC2CCN(Cc3ccccc3)CC2)cc1.I. The van der Waals surface area contributed by atoms with E-state index in [2.05, 4.69) is 50.9 Å². The van der Waals surface area contributed by atoms with E-state index in [1.165, 1.54) is 5.56 Å². The van der Waals surface area contributed by atoms with E-state index in [1.807, 2.05) is 50.1 Å². The lowest BCUT2D eigenvalue weighted by atomic mass is 10.0. The van der Waals surface area contributed by atoms with Crippen LogP contribution in [0.4, 0.5) is 0 Å². The van der Waals surface area contributed by atoms with Gasteiger partial charge < -0.3 is 15.5 Å². The minimum atomic E-state index is 0. The van der Waals surface area contributed by atoms with Crippen LogP contribution in [-0.4, -0.2) is 60.9 Å². The maximum absolute atomic E-state index is 12.5. The van der Waals surface area contributed by atoms with Gasteiger partial charge in [0.25, 0.3) is 5.91 Å². The predicted molar refractivity (Wildman–Crippen MR) is 147 cm³/mol. The number of guanidine groups is 1. The third kappa shape index (κ3) is 8.30. The second kappa shape index (κ2) is 14.2. The summed E-state index contributed by atoms with van der Waals surface area (Å²) in [5.74, 6) is 0.917. The summed E-state index contributed by atoms with van der Waals surface area (Å²) in [4.78, 5) is 21.2. The normalized spacial score (nSPS) is 14.9. The quantitative estimate of drug-likeness (QED) is 0.289. The smallest absolute Gasteiger partial charge is 0.253 e. The largest absolute Gasteiger partial charge is 0.354 e. The van der Waals surface area contributed by atoms with Crippen LogP contribution in [-0.2, 0) is 13.1 Å². The molecule has 0 bridgehead atoms. The fourth-order valence-electron chi connectivity index (χ4n) is 4.11.